The molecule has 0 aliphatic heterocycles. The Morgan fingerprint density at radius 1 is 1.38 bits per heavy atom. The third kappa shape index (κ3) is 2.33. The zero-order chi connectivity index (χ0) is 6.41. The zero-order valence-corrected chi connectivity index (χ0v) is 3.51. The van der Waals surface area contributed by atoms with Crippen LogP contribution in [0.25, 0.3) is 0 Å². The molecule has 0 atom stereocenters. The van der Waals surface area contributed by atoms with Crippen LogP contribution in [0, 0.1) is 11.5 Å². The Balaban J connectivity index is 3.25. The van der Waals surface area contributed by atoms with E-state index in [1.165, 1.54) is 0 Å². The van der Waals surface area contributed by atoms with Crippen molar-refractivity contribution < 1.29 is 23.4 Å². The van der Waals surface area contributed by atoms with Crippen LogP contribution in [-0.4, -0.2) is 7.32 Å². The summed E-state index contributed by atoms with van der Waals surface area (Å²) in [6, 6.07) is 0. The first-order valence-corrected chi connectivity index (χ1v) is 1.44. The van der Waals surface area contributed by atoms with E-state index in [-0.39, 0.29) is 0 Å². The SMILES string of the molecule is N#COB(OF)OF. The van der Waals surface area contributed by atoms with Crippen molar-refractivity contribution >= 4 is 7.32 Å². The highest BCUT2D eigenvalue weighted by Crippen LogP contribution is 1.90. The Bertz CT molecular complexity index is 89.8. The van der Waals surface area contributed by atoms with Gasteiger partial charge in [0, 0.05) is 0 Å². The van der Waals surface area contributed by atoms with E-state index in [1.807, 2.05) is 0 Å². The van der Waals surface area contributed by atoms with Gasteiger partial charge in [-0.25, -0.2) is 0 Å². The molecular formula is CBF2NO3. The molecule has 4 nitrogen and oxygen atoms in total. The molecule has 0 aliphatic rings. The molecular weight excluding hydrogens is 123 g/mol. The summed E-state index contributed by atoms with van der Waals surface area (Å²) in [6.07, 6.45) is 0.940. The maximum Gasteiger partial charge on any atom is 0.788 e. The quantitative estimate of drug-likeness (QED) is 0.399. The molecule has 0 amide bonds. The molecule has 0 saturated heterocycles. The first kappa shape index (κ1) is 7.13. The van der Waals surface area contributed by atoms with Crippen LogP contribution in [0.2, 0.25) is 0 Å². The van der Waals surface area contributed by atoms with Crippen LogP contribution < -0.4 is 0 Å². The highest BCUT2D eigenvalue weighted by atomic mass is 19.3. The first-order valence-electron chi connectivity index (χ1n) is 1.44. The molecule has 0 aromatic heterocycles. The molecule has 0 aliphatic carbocycles. The number of halogens is 2. The third-order valence-corrected chi connectivity index (χ3v) is 0.294. The lowest BCUT2D eigenvalue weighted by molar-refractivity contribution is -0.133. The predicted molar refractivity (Wildman–Crippen MR) is 16.8 cm³/mol. The fourth-order valence-electron chi connectivity index (χ4n) is 0.0931. The fraction of sp³-hybridized carbons (Fsp3) is 0. The summed E-state index contributed by atoms with van der Waals surface area (Å²) in [5.74, 6) is 0. The van der Waals surface area contributed by atoms with Gasteiger partial charge in [0.05, 0.1) is 0 Å². The van der Waals surface area contributed by atoms with Crippen LogP contribution >= 0.6 is 0 Å². The number of nitriles is 1. The molecule has 0 unspecified atom stereocenters. The number of hydrogen-bond acceptors (Lipinski definition) is 4. The lowest BCUT2D eigenvalue weighted by Crippen LogP contribution is -2.17. The topological polar surface area (TPSA) is 51.5 Å². The highest BCUT2D eigenvalue weighted by molar-refractivity contribution is 6.35. The van der Waals surface area contributed by atoms with Gasteiger partial charge in [-0.15, -0.1) is 0 Å². The van der Waals surface area contributed by atoms with Gasteiger partial charge in [0.15, 0.2) is 0 Å². The Morgan fingerprint density at radius 2 is 1.88 bits per heavy atom. The van der Waals surface area contributed by atoms with Gasteiger partial charge in [0.1, 0.15) is 0 Å². The summed E-state index contributed by atoms with van der Waals surface area (Å²) < 4.78 is 24.9. The van der Waals surface area contributed by atoms with E-state index < -0.39 is 7.32 Å². The zero-order valence-electron chi connectivity index (χ0n) is 3.51. The summed E-state index contributed by atoms with van der Waals surface area (Å²) in [7, 11) is -2.19. The van der Waals surface area contributed by atoms with E-state index in [0.29, 0.717) is 0 Å². The Hall–Kier alpha value is -0.865. The van der Waals surface area contributed by atoms with Crippen LogP contribution in [0.4, 0.5) is 9.05 Å². The van der Waals surface area contributed by atoms with Crippen LogP contribution in [0.5, 0.6) is 0 Å². The average Bonchev–Trinajstić information content (AvgIpc) is 1.83. The van der Waals surface area contributed by atoms with Gasteiger partial charge in [-0.1, -0.05) is 9.05 Å². The average molecular weight is 123 g/mol. The maximum atomic E-state index is 10.7. The van der Waals surface area contributed by atoms with Crippen LogP contribution in [0.15, 0.2) is 0 Å². The summed E-state index contributed by atoms with van der Waals surface area (Å²) >= 11 is 0. The lowest BCUT2D eigenvalue weighted by atomic mass is 10.3. The molecule has 0 aromatic rings. The molecule has 0 aromatic carbocycles. The summed E-state index contributed by atoms with van der Waals surface area (Å²) in [4.78, 5) is 5.20. The van der Waals surface area contributed by atoms with Gasteiger partial charge in [0.25, 0.3) is 6.26 Å². The van der Waals surface area contributed by atoms with Gasteiger partial charge in [0.2, 0.25) is 0 Å². The minimum Gasteiger partial charge on any atom is -0.439 e. The minimum absolute atomic E-state index is 0.940. The van der Waals surface area contributed by atoms with Gasteiger partial charge in [-0.3, -0.25) is 0 Å². The number of rotatable bonds is 3. The molecule has 0 spiro atoms. The van der Waals surface area contributed by atoms with Crippen molar-refractivity contribution in [3.8, 4) is 6.26 Å². The van der Waals surface area contributed by atoms with E-state index in [4.69, 9.17) is 5.26 Å². The van der Waals surface area contributed by atoms with Gasteiger partial charge >= 0.3 is 7.32 Å². The van der Waals surface area contributed by atoms with Crippen LogP contribution in [0.1, 0.15) is 0 Å². The van der Waals surface area contributed by atoms with Crippen molar-refractivity contribution in [2.24, 2.45) is 0 Å². The van der Waals surface area contributed by atoms with Crippen molar-refractivity contribution in [2.45, 2.75) is 0 Å². The molecule has 0 N–H and O–H groups in total. The molecule has 7 heteroatoms. The van der Waals surface area contributed by atoms with Crippen LogP contribution in [-0.2, 0) is 14.4 Å². The second-order valence-electron chi connectivity index (χ2n) is 0.676. The van der Waals surface area contributed by atoms with E-state index in [2.05, 4.69) is 14.4 Å². The van der Waals surface area contributed by atoms with Crippen molar-refractivity contribution in [3.63, 3.8) is 0 Å². The van der Waals surface area contributed by atoms with Gasteiger partial charge < -0.3 is 4.65 Å². The summed E-state index contributed by atoms with van der Waals surface area (Å²) in [5, 5.41) is 7.53. The molecule has 0 bridgehead atoms. The normalized spacial score (nSPS) is 7.62. The smallest absolute Gasteiger partial charge is 0.439 e. The molecule has 44 valence electrons. The second kappa shape index (κ2) is 4.30. The van der Waals surface area contributed by atoms with Crippen molar-refractivity contribution in [1.82, 2.24) is 0 Å². The predicted octanol–water partition coefficient (Wildman–Crippen LogP) is 0.271. The highest BCUT2D eigenvalue weighted by Gasteiger charge is 2.26. The first-order chi connectivity index (χ1) is 3.85. The maximum absolute atomic E-state index is 10.7. The lowest BCUT2D eigenvalue weighted by Gasteiger charge is -1.91. The van der Waals surface area contributed by atoms with E-state index in [9.17, 15) is 9.05 Å². The van der Waals surface area contributed by atoms with Gasteiger partial charge in [-0.2, -0.15) is 15.0 Å². The van der Waals surface area contributed by atoms with Gasteiger partial charge in [-0.05, 0) is 0 Å². The number of nitrogens with zero attached hydrogens (tertiary/aromatic N) is 1. The largest absolute Gasteiger partial charge is 0.788 e. The molecule has 0 radical (unpaired) electrons. The van der Waals surface area contributed by atoms with E-state index >= 15 is 0 Å². The monoisotopic (exact) mass is 123 g/mol. The van der Waals surface area contributed by atoms with Crippen molar-refractivity contribution in [1.29, 1.82) is 5.26 Å². The third-order valence-electron chi connectivity index (χ3n) is 0.294. The van der Waals surface area contributed by atoms with Crippen LogP contribution in [0.3, 0.4) is 0 Å². The molecule has 0 rings (SSSR count). The molecule has 0 heterocycles. The Kier molecular flexibility index (Phi) is 3.83. The Labute approximate surface area is 43.5 Å². The van der Waals surface area contributed by atoms with Crippen molar-refractivity contribution in [2.75, 3.05) is 0 Å². The van der Waals surface area contributed by atoms with Crippen molar-refractivity contribution in [3.05, 3.63) is 0 Å². The molecule has 8 heavy (non-hydrogen) atoms. The molecule has 0 saturated carbocycles. The Morgan fingerprint density at radius 3 is 2.00 bits per heavy atom. The number of hydrogen-bond donors (Lipinski definition) is 0. The minimum atomic E-state index is -2.19. The van der Waals surface area contributed by atoms with E-state index in [0.717, 1.165) is 6.26 Å². The summed E-state index contributed by atoms with van der Waals surface area (Å²) in [6.45, 7) is 0. The fourth-order valence-corrected chi connectivity index (χ4v) is 0.0931. The second-order valence-corrected chi connectivity index (χ2v) is 0.676. The van der Waals surface area contributed by atoms with E-state index in [1.54, 1.807) is 0 Å². The summed E-state index contributed by atoms with van der Waals surface area (Å²) in [5.41, 5.74) is 0. The standard InChI is InChI=1S/CBF2NO3/c3-7-2(8-4)6-1-5. The molecule has 0 fully saturated rings.